The molecule has 0 bridgehead atoms. The second kappa shape index (κ2) is 11.0. The highest BCUT2D eigenvalue weighted by atomic mass is 19.4. The van der Waals surface area contributed by atoms with Gasteiger partial charge in [0.05, 0.1) is 35.2 Å². The van der Waals surface area contributed by atoms with E-state index in [1.807, 2.05) is 65.7 Å². The molecule has 8 nitrogen and oxygen atoms in total. The third kappa shape index (κ3) is 5.58. The molecule has 1 aliphatic heterocycles. The van der Waals surface area contributed by atoms with E-state index in [1.165, 1.54) is 0 Å². The summed E-state index contributed by atoms with van der Waals surface area (Å²) in [7, 11) is 0. The Morgan fingerprint density at radius 1 is 0.900 bits per heavy atom. The van der Waals surface area contributed by atoms with Gasteiger partial charge in [0, 0.05) is 42.3 Å². The molecule has 5 aromatic rings. The van der Waals surface area contributed by atoms with Gasteiger partial charge in [-0.1, -0.05) is 54.6 Å². The number of imidazole rings is 1. The first-order valence-corrected chi connectivity index (χ1v) is 12.4. The number of carboxylic acids is 1. The van der Waals surface area contributed by atoms with Crippen LogP contribution in [0.3, 0.4) is 0 Å². The average Bonchev–Trinajstić information content (AvgIpc) is 3.39. The third-order valence-electron chi connectivity index (χ3n) is 6.58. The molecule has 3 aromatic carbocycles. The van der Waals surface area contributed by atoms with Crippen LogP contribution in [0.2, 0.25) is 0 Å². The predicted molar refractivity (Wildman–Crippen MR) is 144 cm³/mol. The number of nitrogens with zero attached hydrogens (tertiary/aromatic N) is 4. The molecule has 40 heavy (non-hydrogen) atoms. The number of alkyl halides is 3. The number of hydrogen-bond acceptors (Lipinski definition) is 5. The van der Waals surface area contributed by atoms with Gasteiger partial charge in [-0.05, 0) is 23.8 Å². The molecule has 204 valence electrons. The Bertz CT molecular complexity index is 1620. The highest BCUT2D eigenvalue weighted by Gasteiger charge is 2.38. The Morgan fingerprint density at radius 2 is 1.50 bits per heavy atom. The fraction of sp³-hybridized carbons (Fsp3) is 0.172. The number of carboxylic acid groups (broad SMARTS) is 1. The highest BCUT2D eigenvalue weighted by molar-refractivity contribution is 6.16. The van der Waals surface area contributed by atoms with Gasteiger partial charge in [0.2, 0.25) is 0 Å². The standard InChI is InChI=1S/C27H23N5O.C2HF3O2/c33-27(26-21-8-2-4-10-23(21)30-24-11-5-3-9-22(24)26)32-14-13-31(17-20-15-28-18-29-20)25-12-6-1-7-19(25)16-32;3-2(4,5)1(6)7/h1-12,15,18H,13-14,16-17H2,(H,28,29);(H,6,7). The lowest BCUT2D eigenvalue weighted by Gasteiger charge is -2.24. The highest BCUT2D eigenvalue weighted by Crippen LogP contribution is 2.31. The zero-order chi connectivity index (χ0) is 28.3. The molecule has 1 amide bonds. The van der Waals surface area contributed by atoms with E-state index < -0.39 is 12.1 Å². The number of carbonyl (C=O) groups excluding carboxylic acids is 1. The van der Waals surface area contributed by atoms with Crippen LogP contribution in [0, 0.1) is 0 Å². The first-order chi connectivity index (χ1) is 19.2. The van der Waals surface area contributed by atoms with Crippen LogP contribution in [0.5, 0.6) is 0 Å². The summed E-state index contributed by atoms with van der Waals surface area (Å²) in [6.45, 7) is 2.66. The van der Waals surface area contributed by atoms with Crippen molar-refractivity contribution in [2.45, 2.75) is 19.3 Å². The summed E-state index contributed by atoms with van der Waals surface area (Å²) in [5.41, 5.74) is 5.77. The summed E-state index contributed by atoms with van der Waals surface area (Å²) in [4.78, 5) is 39.4. The van der Waals surface area contributed by atoms with Crippen LogP contribution < -0.4 is 4.90 Å². The Labute approximate surface area is 226 Å². The van der Waals surface area contributed by atoms with Crippen molar-refractivity contribution < 1.29 is 27.9 Å². The summed E-state index contributed by atoms with van der Waals surface area (Å²) in [5.74, 6) is -2.71. The van der Waals surface area contributed by atoms with Crippen molar-refractivity contribution in [3.8, 4) is 0 Å². The zero-order valence-corrected chi connectivity index (χ0v) is 21.1. The van der Waals surface area contributed by atoms with Crippen LogP contribution in [0.15, 0.2) is 85.3 Å². The molecule has 0 radical (unpaired) electrons. The number of nitrogens with one attached hydrogen (secondary N) is 1. The Kier molecular flexibility index (Phi) is 7.37. The molecule has 2 N–H and O–H groups in total. The van der Waals surface area contributed by atoms with Crippen molar-refractivity contribution in [3.63, 3.8) is 0 Å². The van der Waals surface area contributed by atoms with E-state index in [0.29, 0.717) is 13.1 Å². The molecule has 0 saturated carbocycles. The number of aliphatic carboxylic acids is 1. The molecule has 0 fully saturated rings. The number of rotatable bonds is 3. The fourth-order valence-corrected chi connectivity index (χ4v) is 4.74. The van der Waals surface area contributed by atoms with E-state index in [1.54, 1.807) is 6.33 Å². The van der Waals surface area contributed by atoms with Crippen LogP contribution in [0.1, 0.15) is 21.6 Å². The summed E-state index contributed by atoms with van der Waals surface area (Å²) in [6.07, 6.45) is -1.53. The van der Waals surface area contributed by atoms with Crippen molar-refractivity contribution in [2.24, 2.45) is 0 Å². The Morgan fingerprint density at radius 3 is 2.10 bits per heavy atom. The molecule has 2 aromatic heterocycles. The number of carbonyl (C=O) groups is 2. The number of anilines is 1. The summed E-state index contributed by atoms with van der Waals surface area (Å²) >= 11 is 0. The Hall–Kier alpha value is -4.93. The monoisotopic (exact) mass is 547 g/mol. The molecule has 0 atom stereocenters. The largest absolute Gasteiger partial charge is 0.490 e. The van der Waals surface area contributed by atoms with Gasteiger partial charge >= 0.3 is 12.1 Å². The predicted octanol–water partition coefficient (Wildman–Crippen LogP) is 5.41. The molecular weight excluding hydrogens is 523 g/mol. The van der Waals surface area contributed by atoms with Gasteiger partial charge in [-0.25, -0.2) is 14.8 Å². The van der Waals surface area contributed by atoms with Crippen LogP contribution in [-0.2, 0) is 17.9 Å². The van der Waals surface area contributed by atoms with Crippen molar-refractivity contribution in [2.75, 3.05) is 18.0 Å². The summed E-state index contributed by atoms with van der Waals surface area (Å²) in [5, 5.41) is 8.92. The maximum atomic E-state index is 14.1. The molecule has 0 unspecified atom stereocenters. The van der Waals surface area contributed by atoms with Gasteiger partial charge in [0.15, 0.2) is 0 Å². The number of fused-ring (bicyclic) bond motifs is 3. The second-order valence-corrected chi connectivity index (χ2v) is 9.18. The van der Waals surface area contributed by atoms with Gasteiger partial charge in [0.1, 0.15) is 0 Å². The number of aromatic nitrogens is 3. The van der Waals surface area contributed by atoms with E-state index in [9.17, 15) is 18.0 Å². The first-order valence-electron chi connectivity index (χ1n) is 12.4. The van der Waals surface area contributed by atoms with Crippen LogP contribution >= 0.6 is 0 Å². The van der Waals surface area contributed by atoms with Crippen molar-refractivity contribution >= 4 is 39.4 Å². The number of H-pyrrole nitrogens is 1. The average molecular weight is 548 g/mol. The van der Waals surface area contributed by atoms with Crippen molar-refractivity contribution in [3.05, 3.63) is 102 Å². The SMILES string of the molecule is O=C(O)C(F)(F)F.O=C(c1c2ccccc2nc2ccccc12)N1CCN(Cc2cnc[nH]2)c2ccccc2C1. The van der Waals surface area contributed by atoms with Gasteiger partial charge in [0.25, 0.3) is 5.91 Å². The van der Waals surface area contributed by atoms with Gasteiger partial charge < -0.3 is 19.9 Å². The topological polar surface area (TPSA) is 102 Å². The number of amides is 1. The van der Waals surface area contributed by atoms with Crippen LogP contribution in [0.25, 0.3) is 21.8 Å². The minimum atomic E-state index is -5.08. The molecule has 0 spiro atoms. The summed E-state index contributed by atoms with van der Waals surface area (Å²) < 4.78 is 31.7. The molecular formula is C29H24F3N5O3. The van der Waals surface area contributed by atoms with E-state index in [0.717, 1.165) is 57.4 Å². The van der Waals surface area contributed by atoms with Gasteiger partial charge in [-0.15, -0.1) is 0 Å². The minimum absolute atomic E-state index is 0.0444. The van der Waals surface area contributed by atoms with Gasteiger partial charge in [-0.3, -0.25) is 4.79 Å². The van der Waals surface area contributed by atoms with E-state index in [-0.39, 0.29) is 5.91 Å². The molecule has 0 aliphatic carbocycles. The number of benzene rings is 3. The Balaban J connectivity index is 0.000000411. The normalized spacial score (nSPS) is 13.4. The minimum Gasteiger partial charge on any atom is -0.475 e. The molecule has 0 saturated heterocycles. The molecule has 11 heteroatoms. The molecule has 6 rings (SSSR count). The fourth-order valence-electron chi connectivity index (χ4n) is 4.74. The van der Waals surface area contributed by atoms with Crippen molar-refractivity contribution in [1.82, 2.24) is 19.9 Å². The lowest BCUT2D eigenvalue weighted by atomic mass is 10.0. The number of halogens is 3. The lowest BCUT2D eigenvalue weighted by molar-refractivity contribution is -0.192. The number of aromatic amines is 1. The third-order valence-corrected chi connectivity index (χ3v) is 6.58. The van der Waals surface area contributed by atoms with E-state index in [2.05, 4.69) is 33.1 Å². The quantitative estimate of drug-likeness (QED) is 0.293. The summed E-state index contributed by atoms with van der Waals surface area (Å²) in [6, 6.07) is 24.2. The van der Waals surface area contributed by atoms with Crippen LogP contribution in [0.4, 0.5) is 18.9 Å². The smallest absolute Gasteiger partial charge is 0.475 e. The lowest BCUT2D eigenvalue weighted by Crippen LogP contribution is -2.35. The molecule has 3 heterocycles. The second-order valence-electron chi connectivity index (χ2n) is 9.18. The number of hydrogen-bond donors (Lipinski definition) is 2. The van der Waals surface area contributed by atoms with Crippen molar-refractivity contribution in [1.29, 1.82) is 0 Å². The maximum Gasteiger partial charge on any atom is 0.490 e. The van der Waals surface area contributed by atoms with Crippen LogP contribution in [-0.4, -0.2) is 56.1 Å². The number of pyridine rings is 1. The van der Waals surface area contributed by atoms with Gasteiger partial charge in [-0.2, -0.15) is 13.2 Å². The first kappa shape index (κ1) is 26.7. The zero-order valence-electron chi connectivity index (χ0n) is 21.1. The van der Waals surface area contributed by atoms with E-state index in [4.69, 9.17) is 14.9 Å². The maximum absolute atomic E-state index is 14.1. The molecule has 1 aliphatic rings. The number of para-hydroxylation sites is 3. The van der Waals surface area contributed by atoms with E-state index >= 15 is 0 Å².